The predicted molar refractivity (Wildman–Crippen MR) is 118 cm³/mol. The van der Waals surface area contributed by atoms with Gasteiger partial charge in [-0.15, -0.1) is 0 Å². The summed E-state index contributed by atoms with van der Waals surface area (Å²) in [5.41, 5.74) is 5.29. The number of aryl methyl sites for hydroxylation is 2. The molecular weight excluding hydrogens is 410 g/mol. The standard InChI is InChI=1S/C24H27N3O3S/c1-16-6-10-21(11-7-16)31(28,29)30-15-18-12-20(13-18)27-14-22(24(26-27)19-8-9-19)23-5-3-4-17(2)25-23/h3-7,10-11,14,18-20H,8-9,12-13,15H2,1-2H3. The van der Waals surface area contributed by atoms with Crippen molar-refractivity contribution < 1.29 is 12.6 Å². The normalized spacial score (nSPS) is 21.1. The molecule has 0 amide bonds. The largest absolute Gasteiger partial charge is 0.296 e. The third-order valence-electron chi connectivity index (χ3n) is 6.24. The summed E-state index contributed by atoms with van der Waals surface area (Å²) in [7, 11) is -3.71. The second kappa shape index (κ2) is 7.88. The van der Waals surface area contributed by atoms with E-state index in [9.17, 15) is 8.42 Å². The van der Waals surface area contributed by atoms with Crippen molar-refractivity contribution in [3.8, 4) is 11.3 Å². The molecule has 162 valence electrons. The van der Waals surface area contributed by atoms with Gasteiger partial charge in [-0.05, 0) is 69.7 Å². The van der Waals surface area contributed by atoms with Crippen molar-refractivity contribution in [1.29, 1.82) is 0 Å². The van der Waals surface area contributed by atoms with Gasteiger partial charge in [0.25, 0.3) is 10.1 Å². The van der Waals surface area contributed by atoms with Gasteiger partial charge in [0.05, 0.1) is 28.9 Å². The molecule has 0 atom stereocenters. The lowest BCUT2D eigenvalue weighted by molar-refractivity contribution is 0.120. The molecule has 3 aromatic rings. The average molecular weight is 438 g/mol. The van der Waals surface area contributed by atoms with Crippen molar-refractivity contribution in [2.24, 2.45) is 5.92 Å². The summed E-state index contributed by atoms with van der Waals surface area (Å²) in [4.78, 5) is 4.91. The number of nitrogens with zero attached hydrogens (tertiary/aromatic N) is 3. The van der Waals surface area contributed by atoms with Gasteiger partial charge in [0, 0.05) is 23.4 Å². The number of hydrogen-bond donors (Lipinski definition) is 0. The first-order chi connectivity index (χ1) is 14.9. The highest BCUT2D eigenvalue weighted by Gasteiger charge is 2.36. The van der Waals surface area contributed by atoms with Crippen LogP contribution in [0.3, 0.4) is 0 Å². The van der Waals surface area contributed by atoms with Crippen LogP contribution in [0, 0.1) is 19.8 Å². The van der Waals surface area contributed by atoms with E-state index in [-0.39, 0.29) is 23.5 Å². The summed E-state index contributed by atoms with van der Waals surface area (Å²) < 4.78 is 32.2. The van der Waals surface area contributed by atoms with Crippen molar-refractivity contribution in [2.75, 3.05) is 6.61 Å². The maximum Gasteiger partial charge on any atom is 0.296 e. The van der Waals surface area contributed by atoms with Crippen LogP contribution in [0.4, 0.5) is 0 Å². The van der Waals surface area contributed by atoms with E-state index in [1.165, 1.54) is 12.8 Å². The maximum absolute atomic E-state index is 12.4. The average Bonchev–Trinajstić information content (AvgIpc) is 3.46. The fourth-order valence-corrected chi connectivity index (χ4v) is 5.13. The number of aromatic nitrogens is 3. The second-order valence-corrected chi connectivity index (χ2v) is 10.5. The molecule has 2 aromatic heterocycles. The van der Waals surface area contributed by atoms with Crippen LogP contribution >= 0.6 is 0 Å². The van der Waals surface area contributed by atoms with Crippen molar-refractivity contribution >= 4 is 10.1 Å². The molecule has 0 unspecified atom stereocenters. The molecular formula is C24H27N3O3S. The highest BCUT2D eigenvalue weighted by atomic mass is 32.2. The van der Waals surface area contributed by atoms with Gasteiger partial charge in [0.15, 0.2) is 0 Å². The lowest BCUT2D eigenvalue weighted by Gasteiger charge is -2.34. The molecule has 5 rings (SSSR count). The Morgan fingerprint density at radius 3 is 2.48 bits per heavy atom. The van der Waals surface area contributed by atoms with Crippen LogP contribution < -0.4 is 0 Å². The summed E-state index contributed by atoms with van der Waals surface area (Å²) >= 11 is 0. The van der Waals surface area contributed by atoms with Gasteiger partial charge in [-0.3, -0.25) is 13.8 Å². The van der Waals surface area contributed by atoms with Gasteiger partial charge in [0.1, 0.15) is 0 Å². The highest BCUT2D eigenvalue weighted by molar-refractivity contribution is 7.86. The third kappa shape index (κ3) is 4.29. The minimum Gasteiger partial charge on any atom is -0.269 e. The highest BCUT2D eigenvalue weighted by Crippen LogP contribution is 2.45. The number of hydrogen-bond acceptors (Lipinski definition) is 5. The van der Waals surface area contributed by atoms with Crippen molar-refractivity contribution in [3.05, 3.63) is 65.6 Å². The molecule has 2 saturated carbocycles. The van der Waals surface area contributed by atoms with Crippen LogP contribution in [-0.2, 0) is 14.3 Å². The number of pyridine rings is 1. The first-order valence-corrected chi connectivity index (χ1v) is 12.3. The van der Waals surface area contributed by atoms with Gasteiger partial charge >= 0.3 is 0 Å². The van der Waals surface area contributed by atoms with Gasteiger partial charge in [-0.1, -0.05) is 23.8 Å². The number of benzene rings is 1. The van der Waals surface area contributed by atoms with E-state index in [2.05, 4.69) is 10.9 Å². The Kier molecular flexibility index (Phi) is 5.18. The van der Waals surface area contributed by atoms with Crippen LogP contribution in [0.5, 0.6) is 0 Å². The fraction of sp³-hybridized carbons (Fsp3) is 0.417. The van der Waals surface area contributed by atoms with E-state index >= 15 is 0 Å². The van der Waals surface area contributed by atoms with Crippen LogP contribution in [-0.4, -0.2) is 29.8 Å². The molecule has 0 radical (unpaired) electrons. The van der Waals surface area contributed by atoms with E-state index in [1.807, 2.05) is 32.0 Å². The fourth-order valence-electron chi connectivity index (χ4n) is 4.15. The lowest BCUT2D eigenvalue weighted by atomic mass is 9.81. The Balaban J connectivity index is 1.24. The summed E-state index contributed by atoms with van der Waals surface area (Å²) in [6.07, 6.45) is 6.24. The van der Waals surface area contributed by atoms with Crippen LogP contribution in [0.1, 0.15) is 54.6 Å². The van der Waals surface area contributed by atoms with E-state index in [0.717, 1.165) is 41.1 Å². The summed E-state index contributed by atoms with van der Waals surface area (Å²) in [5.74, 6) is 0.761. The molecule has 0 bridgehead atoms. The zero-order valence-electron chi connectivity index (χ0n) is 17.9. The molecule has 7 heteroatoms. The van der Waals surface area contributed by atoms with Crippen LogP contribution in [0.25, 0.3) is 11.3 Å². The Morgan fingerprint density at radius 1 is 1.06 bits per heavy atom. The van der Waals surface area contributed by atoms with Crippen molar-refractivity contribution in [2.45, 2.75) is 56.4 Å². The zero-order valence-corrected chi connectivity index (χ0v) is 18.7. The molecule has 31 heavy (non-hydrogen) atoms. The molecule has 6 nitrogen and oxygen atoms in total. The quantitative estimate of drug-likeness (QED) is 0.497. The van der Waals surface area contributed by atoms with Crippen molar-refractivity contribution in [1.82, 2.24) is 14.8 Å². The van der Waals surface area contributed by atoms with Gasteiger partial charge in [0.2, 0.25) is 0 Å². The Hall–Kier alpha value is -2.51. The van der Waals surface area contributed by atoms with E-state index in [4.69, 9.17) is 14.3 Å². The first kappa shape index (κ1) is 20.4. The topological polar surface area (TPSA) is 74.1 Å². The van der Waals surface area contributed by atoms with Gasteiger partial charge < -0.3 is 0 Å². The minimum atomic E-state index is -3.71. The molecule has 2 fully saturated rings. The third-order valence-corrected chi connectivity index (χ3v) is 7.54. The molecule has 2 aliphatic carbocycles. The predicted octanol–water partition coefficient (Wildman–Crippen LogP) is 4.80. The molecule has 2 aliphatic rings. The number of rotatable bonds is 7. The summed E-state index contributed by atoms with van der Waals surface area (Å²) in [6.45, 7) is 4.15. The lowest BCUT2D eigenvalue weighted by Crippen LogP contribution is -2.31. The van der Waals surface area contributed by atoms with Crippen LogP contribution in [0.2, 0.25) is 0 Å². The Morgan fingerprint density at radius 2 is 1.81 bits per heavy atom. The maximum atomic E-state index is 12.4. The summed E-state index contributed by atoms with van der Waals surface area (Å²) in [5, 5.41) is 4.92. The van der Waals surface area contributed by atoms with Crippen molar-refractivity contribution in [3.63, 3.8) is 0 Å². The van der Waals surface area contributed by atoms with Crippen LogP contribution in [0.15, 0.2) is 53.6 Å². The minimum absolute atomic E-state index is 0.213. The Labute approximate surface area is 183 Å². The first-order valence-electron chi connectivity index (χ1n) is 10.9. The van der Waals surface area contributed by atoms with E-state index in [0.29, 0.717) is 5.92 Å². The van der Waals surface area contributed by atoms with Gasteiger partial charge in [-0.25, -0.2) is 0 Å². The summed E-state index contributed by atoms with van der Waals surface area (Å²) in [6, 6.07) is 13.1. The molecule has 1 aromatic carbocycles. The SMILES string of the molecule is Cc1ccc(S(=O)(=O)OCC2CC(n3cc(-c4cccc(C)n4)c(C4CC4)n3)C2)cc1. The zero-order chi connectivity index (χ0) is 21.6. The molecule has 2 heterocycles. The molecule has 0 saturated heterocycles. The second-order valence-electron chi connectivity index (χ2n) is 8.89. The molecule has 0 spiro atoms. The van der Waals surface area contributed by atoms with E-state index in [1.54, 1.807) is 24.3 Å². The monoisotopic (exact) mass is 437 g/mol. The smallest absolute Gasteiger partial charge is 0.269 e. The molecule has 0 aliphatic heterocycles. The van der Waals surface area contributed by atoms with Gasteiger partial charge in [-0.2, -0.15) is 13.5 Å². The Bertz CT molecular complexity index is 1190. The van der Waals surface area contributed by atoms with E-state index < -0.39 is 10.1 Å². The molecule has 0 N–H and O–H groups in total.